The highest BCUT2D eigenvalue weighted by Gasteiger charge is 2.18. The molecule has 6 nitrogen and oxygen atoms in total. The second-order valence-corrected chi connectivity index (χ2v) is 6.82. The molecule has 3 aromatic rings. The van der Waals surface area contributed by atoms with Crippen molar-refractivity contribution in [1.29, 1.82) is 0 Å². The number of aromatic nitrogens is 2. The number of carbonyl (C=O) groups excluding carboxylic acids is 1. The second-order valence-electron chi connectivity index (χ2n) is 6.82. The van der Waals surface area contributed by atoms with E-state index in [1.165, 1.54) is 25.5 Å². The zero-order chi connectivity index (χ0) is 17.9. The molecule has 2 aromatic heterocycles. The molecule has 0 saturated carbocycles. The van der Waals surface area contributed by atoms with Crippen molar-refractivity contribution in [3.8, 4) is 0 Å². The van der Waals surface area contributed by atoms with E-state index in [0.29, 0.717) is 17.3 Å². The molecule has 26 heavy (non-hydrogen) atoms. The summed E-state index contributed by atoms with van der Waals surface area (Å²) in [4.78, 5) is 19.7. The molecule has 0 spiro atoms. The lowest BCUT2D eigenvalue weighted by Gasteiger charge is -2.26. The number of piperidine rings is 1. The summed E-state index contributed by atoms with van der Waals surface area (Å²) in [6.07, 6.45) is 5.40. The van der Waals surface area contributed by atoms with E-state index in [2.05, 4.69) is 25.8 Å². The quantitative estimate of drug-likeness (QED) is 0.761. The van der Waals surface area contributed by atoms with Crippen LogP contribution in [0.5, 0.6) is 0 Å². The summed E-state index contributed by atoms with van der Waals surface area (Å²) in [5.74, 6) is 1.01. The number of nitrogens with zero attached hydrogens (tertiary/aromatic N) is 3. The largest absolute Gasteiger partial charge is 0.469 e. The normalized spacial score (nSPS) is 15.4. The Labute approximate surface area is 152 Å². The van der Waals surface area contributed by atoms with Crippen molar-refractivity contribution in [2.75, 3.05) is 25.0 Å². The van der Waals surface area contributed by atoms with Crippen molar-refractivity contribution in [1.82, 2.24) is 14.5 Å². The van der Waals surface area contributed by atoms with E-state index in [0.717, 1.165) is 37.2 Å². The molecule has 0 atom stereocenters. The van der Waals surface area contributed by atoms with Gasteiger partial charge in [-0.1, -0.05) is 18.6 Å². The first-order valence-electron chi connectivity index (χ1n) is 9.25. The van der Waals surface area contributed by atoms with Crippen molar-refractivity contribution in [3.63, 3.8) is 0 Å². The van der Waals surface area contributed by atoms with Crippen LogP contribution in [0.1, 0.15) is 35.4 Å². The number of rotatable bonds is 5. The van der Waals surface area contributed by atoms with Gasteiger partial charge >= 0.3 is 0 Å². The first-order chi connectivity index (χ1) is 12.7. The molecule has 1 amide bonds. The number of fused-ring (bicyclic) bond motifs is 1. The van der Waals surface area contributed by atoms with Crippen LogP contribution >= 0.6 is 0 Å². The topological polar surface area (TPSA) is 63.3 Å². The number of furan rings is 1. The lowest BCUT2D eigenvalue weighted by molar-refractivity contribution is 0.102. The molecule has 1 N–H and O–H groups in total. The van der Waals surface area contributed by atoms with Crippen molar-refractivity contribution in [3.05, 3.63) is 47.9 Å². The highest BCUT2D eigenvalue weighted by Crippen LogP contribution is 2.21. The molecule has 1 fully saturated rings. The molecular formula is C20H24N4O2. The number of hydrogen-bond donors (Lipinski definition) is 1. The molecule has 1 saturated heterocycles. The number of aryl methyl sites for hydroxylation is 1. The Bertz CT molecular complexity index is 906. The van der Waals surface area contributed by atoms with Gasteiger partial charge in [0.1, 0.15) is 5.76 Å². The zero-order valence-corrected chi connectivity index (χ0v) is 15.1. The molecule has 1 aliphatic rings. The summed E-state index contributed by atoms with van der Waals surface area (Å²) >= 11 is 0. The van der Waals surface area contributed by atoms with Crippen molar-refractivity contribution in [2.45, 2.75) is 32.7 Å². The SMILES string of the molecule is Cc1occc1C(=O)Nc1nc2ccccc2n1CCN1CCCCC1. The van der Waals surface area contributed by atoms with E-state index < -0.39 is 0 Å². The summed E-state index contributed by atoms with van der Waals surface area (Å²) in [7, 11) is 0. The molecule has 0 radical (unpaired) electrons. The summed E-state index contributed by atoms with van der Waals surface area (Å²) < 4.78 is 7.35. The predicted octanol–water partition coefficient (Wildman–Crippen LogP) is 3.68. The third-order valence-electron chi connectivity index (χ3n) is 5.07. The average Bonchev–Trinajstić information content (AvgIpc) is 3.24. The number of anilines is 1. The fourth-order valence-electron chi connectivity index (χ4n) is 3.61. The summed E-state index contributed by atoms with van der Waals surface area (Å²) in [5, 5.41) is 2.97. The fraction of sp³-hybridized carbons (Fsp3) is 0.400. The van der Waals surface area contributed by atoms with Gasteiger partial charge in [-0.2, -0.15) is 0 Å². The van der Waals surface area contributed by atoms with E-state index in [-0.39, 0.29) is 5.91 Å². The molecule has 1 aliphatic heterocycles. The molecule has 136 valence electrons. The second kappa shape index (κ2) is 7.33. The van der Waals surface area contributed by atoms with Crippen LogP contribution in [-0.2, 0) is 6.54 Å². The fourth-order valence-corrected chi connectivity index (χ4v) is 3.61. The van der Waals surface area contributed by atoms with Gasteiger partial charge in [0, 0.05) is 13.1 Å². The molecule has 0 bridgehead atoms. The maximum absolute atomic E-state index is 12.6. The number of carbonyl (C=O) groups is 1. The van der Waals surface area contributed by atoms with Crippen molar-refractivity contribution >= 4 is 22.9 Å². The maximum Gasteiger partial charge on any atom is 0.261 e. The monoisotopic (exact) mass is 352 g/mol. The standard InChI is InChI=1S/C20H24N4O2/c1-15-16(9-14-26-15)19(25)22-20-21-17-7-3-4-8-18(17)24(20)13-12-23-10-5-2-6-11-23/h3-4,7-9,14H,2,5-6,10-13H2,1H3,(H,21,22,25). The molecule has 0 unspecified atom stereocenters. The minimum Gasteiger partial charge on any atom is -0.469 e. The van der Waals surface area contributed by atoms with E-state index in [1.54, 1.807) is 13.0 Å². The first-order valence-corrected chi connectivity index (χ1v) is 9.25. The van der Waals surface area contributed by atoms with E-state index >= 15 is 0 Å². The summed E-state index contributed by atoms with van der Waals surface area (Å²) in [5.41, 5.74) is 2.48. The first kappa shape index (κ1) is 16.8. The Hall–Kier alpha value is -2.60. The van der Waals surface area contributed by atoms with E-state index in [4.69, 9.17) is 4.42 Å². The third-order valence-corrected chi connectivity index (χ3v) is 5.07. The van der Waals surface area contributed by atoms with Crippen molar-refractivity contribution < 1.29 is 9.21 Å². The number of imidazole rings is 1. The summed E-state index contributed by atoms with van der Waals surface area (Å²) in [6.45, 7) is 5.87. The van der Waals surface area contributed by atoms with E-state index in [1.807, 2.05) is 18.2 Å². The smallest absolute Gasteiger partial charge is 0.261 e. The number of benzene rings is 1. The van der Waals surface area contributed by atoms with Gasteiger partial charge in [0.15, 0.2) is 0 Å². The van der Waals surface area contributed by atoms with Crippen molar-refractivity contribution in [2.24, 2.45) is 0 Å². The lowest BCUT2D eigenvalue weighted by Crippen LogP contribution is -2.32. The Morgan fingerprint density at radius 3 is 2.73 bits per heavy atom. The Balaban J connectivity index is 1.58. The van der Waals surface area contributed by atoms with E-state index in [9.17, 15) is 4.79 Å². The van der Waals surface area contributed by atoms with Gasteiger partial charge in [0.05, 0.1) is 22.9 Å². The molecule has 3 heterocycles. The predicted molar refractivity (Wildman–Crippen MR) is 101 cm³/mol. The molecule has 4 rings (SSSR count). The van der Waals surface area contributed by atoms with Gasteiger partial charge in [-0.25, -0.2) is 4.98 Å². The third kappa shape index (κ3) is 3.37. The van der Waals surface area contributed by atoms with Gasteiger partial charge in [-0.05, 0) is 51.1 Å². The molecular weight excluding hydrogens is 328 g/mol. The number of nitrogens with one attached hydrogen (secondary N) is 1. The van der Waals surface area contributed by atoms with Gasteiger partial charge in [-0.3, -0.25) is 10.1 Å². The molecule has 1 aromatic carbocycles. The van der Waals surface area contributed by atoms with Crippen LogP contribution in [0, 0.1) is 6.92 Å². The van der Waals surface area contributed by atoms with Gasteiger partial charge < -0.3 is 13.9 Å². The lowest BCUT2D eigenvalue weighted by atomic mass is 10.1. The Morgan fingerprint density at radius 2 is 1.96 bits per heavy atom. The van der Waals surface area contributed by atoms with Gasteiger partial charge in [0.25, 0.3) is 5.91 Å². The minimum atomic E-state index is -0.189. The zero-order valence-electron chi connectivity index (χ0n) is 15.1. The molecule has 0 aliphatic carbocycles. The van der Waals surface area contributed by atoms with Crippen LogP contribution < -0.4 is 5.32 Å². The number of amides is 1. The van der Waals surface area contributed by atoms with Crippen LogP contribution in [0.15, 0.2) is 41.0 Å². The van der Waals surface area contributed by atoms with Crippen LogP contribution in [0.2, 0.25) is 0 Å². The minimum absolute atomic E-state index is 0.189. The highest BCUT2D eigenvalue weighted by atomic mass is 16.3. The summed E-state index contributed by atoms with van der Waals surface area (Å²) in [6, 6.07) is 9.69. The maximum atomic E-state index is 12.6. The molecule has 6 heteroatoms. The Kier molecular flexibility index (Phi) is 4.75. The number of para-hydroxylation sites is 2. The van der Waals surface area contributed by atoms with Crippen LogP contribution in [0.3, 0.4) is 0 Å². The van der Waals surface area contributed by atoms with Crippen LogP contribution in [0.25, 0.3) is 11.0 Å². The average molecular weight is 352 g/mol. The number of hydrogen-bond acceptors (Lipinski definition) is 4. The van der Waals surface area contributed by atoms with Gasteiger partial charge in [-0.15, -0.1) is 0 Å². The Morgan fingerprint density at radius 1 is 1.15 bits per heavy atom. The van der Waals surface area contributed by atoms with Crippen LogP contribution in [-0.4, -0.2) is 40.0 Å². The number of likely N-dealkylation sites (tertiary alicyclic amines) is 1. The van der Waals surface area contributed by atoms with Crippen LogP contribution in [0.4, 0.5) is 5.95 Å². The highest BCUT2D eigenvalue weighted by molar-refractivity contribution is 6.04. The van der Waals surface area contributed by atoms with Gasteiger partial charge in [0.2, 0.25) is 5.95 Å².